The van der Waals surface area contributed by atoms with Gasteiger partial charge < -0.3 is 20.0 Å². The first-order chi connectivity index (χ1) is 22.0. The lowest BCUT2D eigenvalue weighted by Gasteiger charge is -2.34. The van der Waals surface area contributed by atoms with Crippen LogP contribution in [0.2, 0.25) is 0 Å². The van der Waals surface area contributed by atoms with Crippen molar-refractivity contribution < 1.29 is 24.6 Å². The van der Waals surface area contributed by atoms with Gasteiger partial charge in [0.15, 0.2) is 0 Å². The number of carbonyl (C=O) groups excluding carboxylic acids is 2. The van der Waals surface area contributed by atoms with Crippen molar-refractivity contribution in [1.82, 2.24) is 14.7 Å². The number of likely N-dealkylation sites (tertiary alicyclic amines) is 1. The number of hydrogen-bond acceptors (Lipinski definition) is 5. The number of aromatic hydroxyl groups is 1. The molecule has 0 atom stereocenters. The molecule has 0 saturated carbocycles. The van der Waals surface area contributed by atoms with E-state index >= 15 is 0 Å². The molecule has 240 valence electrons. The lowest BCUT2D eigenvalue weighted by Crippen LogP contribution is -2.49. The van der Waals surface area contributed by atoms with Crippen LogP contribution in [0, 0.1) is 0 Å². The second-order valence-electron chi connectivity index (χ2n) is 12.9. The minimum atomic E-state index is -1.16. The van der Waals surface area contributed by atoms with Gasteiger partial charge in [-0.15, -0.1) is 0 Å². The number of benzene rings is 3. The number of carbonyl (C=O) groups is 3. The molecule has 9 heteroatoms. The van der Waals surface area contributed by atoms with Crippen LogP contribution in [0.1, 0.15) is 74.9 Å². The van der Waals surface area contributed by atoms with E-state index in [9.17, 15) is 24.6 Å². The number of phenols is 1. The Morgan fingerprint density at radius 3 is 2.24 bits per heavy atom. The van der Waals surface area contributed by atoms with Gasteiger partial charge >= 0.3 is 6.09 Å². The Labute approximate surface area is 270 Å². The zero-order valence-corrected chi connectivity index (χ0v) is 27.0. The van der Waals surface area contributed by atoms with Crippen molar-refractivity contribution in [3.8, 4) is 16.9 Å². The molecule has 0 aromatic heterocycles. The maximum atomic E-state index is 14.1. The quantitative estimate of drug-likeness (QED) is 0.286. The normalized spacial score (nSPS) is 14.6. The van der Waals surface area contributed by atoms with Gasteiger partial charge in [-0.1, -0.05) is 49.4 Å². The topological polar surface area (TPSA) is 114 Å². The number of amides is 3. The van der Waals surface area contributed by atoms with Crippen molar-refractivity contribution >= 4 is 35.5 Å². The second-order valence-corrected chi connectivity index (χ2v) is 12.9. The van der Waals surface area contributed by atoms with Gasteiger partial charge in [0.05, 0.1) is 5.69 Å². The van der Waals surface area contributed by atoms with Gasteiger partial charge in [0.2, 0.25) is 0 Å². The molecule has 3 amide bonds. The van der Waals surface area contributed by atoms with Gasteiger partial charge in [0.25, 0.3) is 11.8 Å². The van der Waals surface area contributed by atoms with Crippen LogP contribution in [0.25, 0.3) is 17.2 Å². The van der Waals surface area contributed by atoms with Crippen molar-refractivity contribution in [3.63, 3.8) is 0 Å². The summed E-state index contributed by atoms with van der Waals surface area (Å²) in [6, 6.07) is 20.2. The highest BCUT2D eigenvalue weighted by atomic mass is 16.4. The third-order valence-electron chi connectivity index (χ3n) is 8.35. The Morgan fingerprint density at radius 1 is 0.935 bits per heavy atom. The maximum Gasteiger partial charge on any atom is 0.413 e. The highest BCUT2D eigenvalue weighted by Gasteiger charge is 2.34. The third-order valence-corrected chi connectivity index (χ3v) is 8.35. The molecule has 5 rings (SSSR count). The van der Waals surface area contributed by atoms with Crippen molar-refractivity contribution in [3.05, 3.63) is 89.0 Å². The Balaban J connectivity index is 1.53. The summed E-state index contributed by atoms with van der Waals surface area (Å²) >= 11 is 0. The van der Waals surface area contributed by atoms with E-state index in [0.29, 0.717) is 40.9 Å². The lowest BCUT2D eigenvalue weighted by atomic mass is 9.99. The fraction of sp³-hybridized carbons (Fsp3) is 0.351. The standard InChI is InChI=1S/C37H42N4O5/c1-5-18-40(24-29-10-6-7-11-32(29)42)35(44)30-21-28-17-16-27(22-31(28)38-33(23-30)41(36(45)46)37(2,3)4)25-12-14-26(15-13-25)34(43)39-19-8-9-20-39/h6-7,10-17,21-22,42H,5,8-9,18-20,23-24H2,1-4H3,(H,45,46). The van der Waals surface area contributed by atoms with Gasteiger partial charge in [-0.2, -0.15) is 0 Å². The highest BCUT2D eigenvalue weighted by Crippen LogP contribution is 2.35. The van der Waals surface area contributed by atoms with Crippen molar-refractivity contribution in [1.29, 1.82) is 0 Å². The van der Waals surface area contributed by atoms with E-state index in [2.05, 4.69) is 0 Å². The number of aliphatic imine (C=N–C) groups is 1. The monoisotopic (exact) mass is 622 g/mol. The Hall–Kier alpha value is -4.92. The van der Waals surface area contributed by atoms with E-state index in [4.69, 9.17) is 4.99 Å². The van der Waals surface area contributed by atoms with Crippen LogP contribution in [-0.4, -0.2) is 73.8 Å². The van der Waals surface area contributed by atoms with Crippen LogP contribution in [0.5, 0.6) is 5.75 Å². The number of fused-ring (bicyclic) bond motifs is 1. The molecule has 0 aliphatic carbocycles. The molecule has 2 N–H and O–H groups in total. The van der Waals surface area contributed by atoms with E-state index in [1.54, 1.807) is 49.9 Å². The summed E-state index contributed by atoms with van der Waals surface area (Å²) in [5.74, 6) is 0.163. The predicted molar refractivity (Wildman–Crippen MR) is 180 cm³/mol. The molecule has 2 aliphatic heterocycles. The van der Waals surface area contributed by atoms with Gasteiger partial charge in [0, 0.05) is 60.4 Å². The predicted octanol–water partition coefficient (Wildman–Crippen LogP) is 7.33. The summed E-state index contributed by atoms with van der Waals surface area (Å²) in [4.78, 5) is 49.3. The highest BCUT2D eigenvalue weighted by molar-refractivity contribution is 6.09. The van der Waals surface area contributed by atoms with E-state index in [1.165, 1.54) is 4.90 Å². The molecule has 0 unspecified atom stereocenters. The van der Waals surface area contributed by atoms with E-state index in [-0.39, 0.29) is 36.4 Å². The zero-order chi connectivity index (χ0) is 33.0. The molecule has 0 bridgehead atoms. The molecule has 3 aromatic rings. The average molecular weight is 623 g/mol. The molecule has 9 nitrogen and oxygen atoms in total. The first-order valence-electron chi connectivity index (χ1n) is 15.9. The smallest absolute Gasteiger partial charge is 0.413 e. The van der Waals surface area contributed by atoms with Crippen LogP contribution in [0.4, 0.5) is 10.5 Å². The van der Waals surface area contributed by atoms with E-state index in [0.717, 1.165) is 37.1 Å². The zero-order valence-electron chi connectivity index (χ0n) is 27.0. The molecular formula is C37H42N4O5. The molecule has 0 radical (unpaired) electrons. The summed E-state index contributed by atoms with van der Waals surface area (Å²) in [5, 5.41) is 20.7. The maximum absolute atomic E-state index is 14.1. The number of hydrogen-bond donors (Lipinski definition) is 2. The molecule has 1 saturated heterocycles. The van der Waals surface area contributed by atoms with Crippen LogP contribution in [0.15, 0.2) is 77.3 Å². The number of amidine groups is 1. The summed E-state index contributed by atoms with van der Waals surface area (Å²) in [6.07, 6.45) is 3.43. The molecule has 2 heterocycles. The minimum Gasteiger partial charge on any atom is -0.508 e. The van der Waals surface area contributed by atoms with Crippen molar-refractivity contribution in [2.45, 2.75) is 65.5 Å². The Kier molecular flexibility index (Phi) is 9.60. The number of phenolic OH excluding ortho intramolecular Hbond substituents is 1. The third kappa shape index (κ3) is 7.14. The summed E-state index contributed by atoms with van der Waals surface area (Å²) < 4.78 is 0. The molecular weight excluding hydrogens is 580 g/mol. The van der Waals surface area contributed by atoms with Gasteiger partial charge in [-0.3, -0.25) is 14.5 Å². The first kappa shape index (κ1) is 32.5. The van der Waals surface area contributed by atoms with Gasteiger partial charge in [-0.05, 0) is 81.5 Å². The van der Waals surface area contributed by atoms with Crippen LogP contribution in [-0.2, 0) is 11.3 Å². The van der Waals surface area contributed by atoms with Crippen LogP contribution < -0.4 is 0 Å². The van der Waals surface area contributed by atoms with Crippen molar-refractivity contribution in [2.75, 3.05) is 19.6 Å². The van der Waals surface area contributed by atoms with E-state index in [1.807, 2.05) is 60.4 Å². The molecule has 3 aromatic carbocycles. The van der Waals surface area contributed by atoms with Crippen LogP contribution in [0.3, 0.4) is 0 Å². The summed E-state index contributed by atoms with van der Waals surface area (Å²) in [5.41, 5.74) is 3.86. The Bertz CT molecular complexity index is 1680. The van der Waals surface area contributed by atoms with Gasteiger partial charge in [0.1, 0.15) is 11.6 Å². The lowest BCUT2D eigenvalue weighted by molar-refractivity contribution is -0.127. The molecule has 0 spiro atoms. The number of para-hydroxylation sites is 1. The number of nitrogens with zero attached hydrogens (tertiary/aromatic N) is 4. The Morgan fingerprint density at radius 2 is 1.61 bits per heavy atom. The fourth-order valence-electron chi connectivity index (χ4n) is 6.06. The summed E-state index contributed by atoms with van der Waals surface area (Å²) in [6.45, 7) is 9.62. The SMILES string of the molecule is CCCN(Cc1ccccc1O)C(=O)C1=Cc2ccc(-c3ccc(C(=O)N4CCCC4)cc3)cc2N=C(N(C(=O)O)C(C)(C)C)C1. The molecule has 46 heavy (non-hydrogen) atoms. The largest absolute Gasteiger partial charge is 0.508 e. The summed E-state index contributed by atoms with van der Waals surface area (Å²) in [7, 11) is 0. The average Bonchev–Trinajstić information content (AvgIpc) is 3.49. The molecule has 2 aliphatic rings. The van der Waals surface area contributed by atoms with Crippen LogP contribution >= 0.6 is 0 Å². The van der Waals surface area contributed by atoms with Gasteiger partial charge in [-0.25, -0.2) is 9.79 Å². The first-order valence-corrected chi connectivity index (χ1v) is 15.9. The number of carboxylic acid groups (broad SMARTS) is 1. The second kappa shape index (κ2) is 13.6. The fourth-order valence-corrected chi connectivity index (χ4v) is 6.06. The molecule has 1 fully saturated rings. The minimum absolute atomic E-state index is 0.0146. The number of rotatable bonds is 7. The van der Waals surface area contributed by atoms with Crippen molar-refractivity contribution in [2.24, 2.45) is 4.99 Å². The van der Waals surface area contributed by atoms with E-state index < -0.39 is 11.6 Å².